The van der Waals surface area contributed by atoms with Crippen molar-refractivity contribution in [1.29, 1.82) is 0 Å². The van der Waals surface area contributed by atoms with Crippen LogP contribution in [0.5, 0.6) is 0 Å². The van der Waals surface area contributed by atoms with Crippen molar-refractivity contribution in [3.8, 4) is 11.1 Å². The molecule has 3 N–H and O–H groups in total. The van der Waals surface area contributed by atoms with E-state index in [1.165, 1.54) is 0 Å². The van der Waals surface area contributed by atoms with Gasteiger partial charge in [-0.15, -0.1) is 0 Å². The molecule has 1 radical (unpaired) electrons. The Labute approximate surface area is 259 Å². The average Bonchev–Trinajstić information content (AvgIpc) is 3.26. The molecule has 2 aromatic rings. The molecule has 1 aliphatic rings. The quantitative estimate of drug-likeness (QED) is 0.187. The van der Waals surface area contributed by atoms with E-state index in [0.29, 0.717) is 25.7 Å². The van der Waals surface area contributed by atoms with E-state index in [4.69, 9.17) is 4.74 Å². The first-order valence-electron chi connectivity index (χ1n) is 13.4. The minimum atomic E-state index is -1.16. The molecule has 0 bridgehead atoms. The molecule has 3 rings (SSSR count). The van der Waals surface area contributed by atoms with Crippen molar-refractivity contribution in [3.63, 3.8) is 0 Å². The van der Waals surface area contributed by atoms with Gasteiger partial charge in [0.15, 0.2) is 0 Å². The number of hydrogen-bond acceptors (Lipinski definition) is 6. The van der Waals surface area contributed by atoms with Gasteiger partial charge < -0.3 is 25.3 Å². The minimum absolute atomic E-state index is 0. The van der Waals surface area contributed by atoms with E-state index < -0.39 is 24.1 Å². The van der Waals surface area contributed by atoms with Crippen LogP contribution in [-0.2, 0) is 56.6 Å². The number of benzene rings is 2. The summed E-state index contributed by atoms with van der Waals surface area (Å²) in [7, 11) is 0. The van der Waals surface area contributed by atoms with E-state index in [0.717, 1.165) is 22.3 Å². The second-order valence-corrected chi connectivity index (χ2v) is 9.63. The normalized spacial score (nSPS) is 13.1. The first kappa shape index (κ1) is 33.3. The number of Topliss-reactive ketones (excluding diaryl/α,β-unsaturated/α-hetero) is 1. The smallest absolute Gasteiger partial charge is 0.405 e. The zero-order valence-corrected chi connectivity index (χ0v) is 25.5. The summed E-state index contributed by atoms with van der Waals surface area (Å²) in [6, 6.07) is 14.2. The van der Waals surface area contributed by atoms with E-state index >= 15 is 0 Å². The molecule has 2 unspecified atom stereocenters. The maximum Gasteiger partial charge on any atom is 0.405 e. The Morgan fingerprint density at radius 1 is 0.900 bits per heavy atom. The SMILES string of the molecule is CCC(=O)NC(CCC(=O)CCCCCC([C-]=O)NC(=O)OCC1c2ccccc2-c2ccccc21)C(=O)O.[Y]. The summed E-state index contributed by atoms with van der Waals surface area (Å²) >= 11 is 0. The van der Waals surface area contributed by atoms with E-state index in [-0.39, 0.29) is 82.6 Å². The Morgan fingerprint density at radius 3 is 2.10 bits per heavy atom. The van der Waals surface area contributed by atoms with Crippen molar-refractivity contribution >= 4 is 30.0 Å². The number of carbonyl (C=O) groups is 4. The van der Waals surface area contributed by atoms with Crippen molar-refractivity contribution in [2.24, 2.45) is 0 Å². The van der Waals surface area contributed by atoms with E-state index in [2.05, 4.69) is 22.8 Å². The molecule has 0 spiro atoms. The van der Waals surface area contributed by atoms with Gasteiger partial charge in [0.1, 0.15) is 18.4 Å². The number of carboxylic acids is 1. The number of rotatable bonds is 16. The van der Waals surface area contributed by atoms with Crippen LogP contribution in [0.15, 0.2) is 48.5 Å². The molecule has 0 aromatic heterocycles. The number of nitrogens with one attached hydrogen (secondary N) is 2. The fraction of sp³-hybridized carbons (Fsp3) is 0.433. The molecule has 0 aliphatic heterocycles. The maximum atomic E-state index is 12.4. The second kappa shape index (κ2) is 17.0. The number of fused-ring (bicyclic) bond motifs is 3. The number of carboxylic acid groups (broad SMARTS) is 1. The molecule has 2 atom stereocenters. The van der Waals surface area contributed by atoms with Crippen molar-refractivity contribution < 1.29 is 66.5 Å². The molecule has 2 aromatic carbocycles. The third-order valence-electron chi connectivity index (χ3n) is 6.89. The molecular formula is C30H35N2O7Y-. The Hall–Kier alpha value is -2.91. The molecule has 1 aliphatic carbocycles. The van der Waals surface area contributed by atoms with Crippen LogP contribution in [0.2, 0.25) is 0 Å². The molecule has 0 heterocycles. The van der Waals surface area contributed by atoms with E-state index in [1.807, 2.05) is 42.7 Å². The summed E-state index contributed by atoms with van der Waals surface area (Å²) in [4.78, 5) is 58.6. The molecule has 9 nitrogen and oxygen atoms in total. The van der Waals surface area contributed by atoms with Gasteiger partial charge in [0, 0.05) is 57.9 Å². The minimum Gasteiger partial charge on any atom is -0.540 e. The molecular weight excluding hydrogens is 589 g/mol. The molecule has 0 fully saturated rings. The third-order valence-corrected chi connectivity index (χ3v) is 6.89. The molecule has 0 saturated heterocycles. The van der Waals surface area contributed by atoms with Crippen LogP contribution in [0.4, 0.5) is 4.79 Å². The van der Waals surface area contributed by atoms with Gasteiger partial charge >= 0.3 is 12.1 Å². The number of unbranched alkanes of at least 4 members (excludes halogenated alkanes) is 2. The summed E-state index contributed by atoms with van der Waals surface area (Å²) in [6.45, 7) is 1.78. The Kier molecular flexibility index (Phi) is 14.2. The van der Waals surface area contributed by atoms with Gasteiger partial charge in [0.25, 0.3) is 0 Å². The fourth-order valence-corrected chi connectivity index (χ4v) is 4.77. The zero-order chi connectivity index (χ0) is 28.2. The fourth-order valence-electron chi connectivity index (χ4n) is 4.77. The van der Waals surface area contributed by atoms with Crippen LogP contribution >= 0.6 is 0 Å². The van der Waals surface area contributed by atoms with Crippen molar-refractivity contribution in [2.75, 3.05) is 6.61 Å². The Bertz CT molecular complexity index is 1140. The Balaban J connectivity index is 0.00000560. The monoisotopic (exact) mass is 624 g/mol. The maximum absolute atomic E-state index is 12.4. The topological polar surface area (TPSA) is 139 Å². The average molecular weight is 625 g/mol. The molecule has 0 saturated carbocycles. The first-order chi connectivity index (χ1) is 18.8. The third kappa shape index (κ3) is 9.63. The number of amides is 2. The van der Waals surface area contributed by atoms with E-state index in [9.17, 15) is 29.1 Å². The predicted octanol–water partition coefficient (Wildman–Crippen LogP) is 4.28. The van der Waals surface area contributed by atoms with Crippen molar-refractivity contribution in [3.05, 3.63) is 59.7 Å². The largest absolute Gasteiger partial charge is 0.540 e. The summed E-state index contributed by atoms with van der Waals surface area (Å²) in [6.07, 6.45) is 3.93. The van der Waals surface area contributed by atoms with Crippen LogP contribution in [0.1, 0.15) is 75.3 Å². The number of alkyl carbamates (subject to hydrolysis) is 1. The van der Waals surface area contributed by atoms with Crippen molar-refractivity contribution in [2.45, 2.75) is 76.3 Å². The second-order valence-electron chi connectivity index (χ2n) is 9.63. The van der Waals surface area contributed by atoms with Crippen LogP contribution in [-0.4, -0.2) is 53.8 Å². The number of carbonyl (C=O) groups excluding carboxylic acids is 4. The molecule has 40 heavy (non-hydrogen) atoms. The standard InChI is InChI=1S/C30H35N2O7.Y/c1-2-28(35)32-27(29(36)37)17-16-21(34)11-5-3-4-10-20(18-33)31-30(38)39-19-26-24-14-8-6-12-22(24)23-13-7-9-15-25(23)26;/h6-9,12-15,20,26-27H,2-5,10-11,16-17,19H2,1H3,(H,31,38)(H,32,35)(H,36,37);/q-1;. The van der Waals surface area contributed by atoms with Crippen molar-refractivity contribution in [1.82, 2.24) is 10.6 Å². The summed E-state index contributed by atoms with van der Waals surface area (Å²) < 4.78 is 5.48. The molecule has 10 heteroatoms. The number of ether oxygens (including phenoxy) is 1. The first-order valence-corrected chi connectivity index (χ1v) is 13.4. The number of aliphatic carboxylic acids is 1. The van der Waals surface area contributed by atoms with Gasteiger partial charge in [0.05, 0.1) is 0 Å². The predicted molar refractivity (Wildman–Crippen MR) is 145 cm³/mol. The summed E-state index contributed by atoms with van der Waals surface area (Å²) in [5.41, 5.74) is 4.46. The van der Waals surface area contributed by atoms with Gasteiger partial charge in [0.2, 0.25) is 5.91 Å². The van der Waals surface area contributed by atoms with Gasteiger partial charge in [-0.1, -0.05) is 80.8 Å². The summed E-state index contributed by atoms with van der Waals surface area (Å²) in [5, 5.41) is 14.1. The summed E-state index contributed by atoms with van der Waals surface area (Å²) in [5.74, 6) is -1.69. The van der Waals surface area contributed by atoms with Crippen LogP contribution < -0.4 is 10.6 Å². The van der Waals surface area contributed by atoms with Crippen LogP contribution in [0.25, 0.3) is 11.1 Å². The van der Waals surface area contributed by atoms with E-state index in [1.54, 1.807) is 6.92 Å². The number of ketones is 1. The van der Waals surface area contributed by atoms with Crippen LogP contribution in [0, 0.1) is 0 Å². The van der Waals surface area contributed by atoms with Gasteiger partial charge in [-0.3, -0.25) is 9.59 Å². The zero-order valence-electron chi connectivity index (χ0n) is 22.7. The number of hydrogen-bond donors (Lipinski definition) is 3. The van der Waals surface area contributed by atoms with Gasteiger partial charge in [-0.2, -0.15) is 0 Å². The van der Waals surface area contributed by atoms with Gasteiger partial charge in [-0.25, -0.2) is 15.9 Å². The molecule has 211 valence electrons. The van der Waals surface area contributed by atoms with Gasteiger partial charge in [-0.05, 0) is 35.1 Å². The molecule has 2 amide bonds. The Morgan fingerprint density at radius 2 is 1.52 bits per heavy atom. The van der Waals surface area contributed by atoms with Crippen LogP contribution in [0.3, 0.4) is 0 Å².